The zero-order valence-electron chi connectivity index (χ0n) is 7.55. The molecule has 0 aromatic rings. The summed E-state index contributed by atoms with van der Waals surface area (Å²) in [5, 5.41) is 0. The minimum Gasteiger partial charge on any atom is -0.300 e. The zero-order valence-corrected chi connectivity index (χ0v) is 7.55. The van der Waals surface area contributed by atoms with E-state index >= 15 is 0 Å². The molecule has 62 valence electrons. The molecule has 0 amide bonds. The van der Waals surface area contributed by atoms with E-state index in [-0.39, 0.29) is 0 Å². The van der Waals surface area contributed by atoms with E-state index in [1.165, 1.54) is 12.8 Å². The van der Waals surface area contributed by atoms with E-state index in [1.807, 2.05) is 0 Å². The van der Waals surface area contributed by atoms with Gasteiger partial charge in [0.25, 0.3) is 0 Å². The van der Waals surface area contributed by atoms with Gasteiger partial charge in [0.1, 0.15) is 5.78 Å². The minimum absolute atomic E-state index is 0.412. The summed E-state index contributed by atoms with van der Waals surface area (Å²) in [6, 6.07) is 0. The van der Waals surface area contributed by atoms with E-state index in [2.05, 4.69) is 13.8 Å². The Morgan fingerprint density at radius 3 is 2.18 bits per heavy atom. The summed E-state index contributed by atoms with van der Waals surface area (Å²) >= 11 is 0. The SMILES string of the molecule is CC(=O)C1CC2CC1C2(C)C. The van der Waals surface area contributed by atoms with Crippen molar-refractivity contribution in [3.8, 4) is 0 Å². The summed E-state index contributed by atoms with van der Waals surface area (Å²) in [6.45, 7) is 6.38. The van der Waals surface area contributed by atoms with Crippen molar-refractivity contribution in [1.29, 1.82) is 0 Å². The largest absolute Gasteiger partial charge is 0.300 e. The Bertz CT molecular complexity index is 205. The second kappa shape index (κ2) is 1.88. The van der Waals surface area contributed by atoms with Crippen LogP contribution >= 0.6 is 0 Å². The van der Waals surface area contributed by atoms with Crippen LogP contribution < -0.4 is 0 Å². The molecule has 0 aliphatic heterocycles. The first-order chi connectivity index (χ1) is 5.03. The highest BCUT2D eigenvalue weighted by Crippen LogP contribution is 2.64. The van der Waals surface area contributed by atoms with Crippen LogP contribution in [0.1, 0.15) is 33.6 Å². The minimum atomic E-state index is 0.412. The number of fused-ring (bicyclic) bond motifs is 1. The normalized spacial score (nSPS) is 45.2. The molecule has 0 radical (unpaired) electrons. The molecule has 3 aliphatic rings. The van der Waals surface area contributed by atoms with Gasteiger partial charge in [-0.15, -0.1) is 0 Å². The van der Waals surface area contributed by atoms with Crippen molar-refractivity contribution in [2.45, 2.75) is 33.6 Å². The van der Waals surface area contributed by atoms with Crippen molar-refractivity contribution in [2.24, 2.45) is 23.2 Å². The Morgan fingerprint density at radius 1 is 1.36 bits per heavy atom. The van der Waals surface area contributed by atoms with Crippen LogP contribution in [0.3, 0.4) is 0 Å². The fraction of sp³-hybridized carbons (Fsp3) is 0.900. The smallest absolute Gasteiger partial charge is 0.133 e. The average molecular weight is 152 g/mol. The van der Waals surface area contributed by atoms with Gasteiger partial charge in [-0.25, -0.2) is 0 Å². The maximum atomic E-state index is 11.2. The topological polar surface area (TPSA) is 17.1 Å². The second-order valence-electron chi connectivity index (χ2n) is 4.81. The van der Waals surface area contributed by atoms with Gasteiger partial charge >= 0.3 is 0 Å². The van der Waals surface area contributed by atoms with Crippen LogP contribution in [0, 0.1) is 23.2 Å². The van der Waals surface area contributed by atoms with Crippen molar-refractivity contribution >= 4 is 5.78 Å². The van der Waals surface area contributed by atoms with Gasteiger partial charge in [-0.1, -0.05) is 13.8 Å². The van der Waals surface area contributed by atoms with Gasteiger partial charge in [0, 0.05) is 5.92 Å². The molecule has 11 heavy (non-hydrogen) atoms. The lowest BCUT2D eigenvalue weighted by molar-refractivity contribution is -0.122. The molecule has 0 aromatic heterocycles. The van der Waals surface area contributed by atoms with Crippen LogP contribution in [0.15, 0.2) is 0 Å². The first-order valence-corrected chi connectivity index (χ1v) is 4.54. The van der Waals surface area contributed by atoms with Crippen LogP contribution in [0.4, 0.5) is 0 Å². The molecular weight excluding hydrogens is 136 g/mol. The Kier molecular flexibility index (Phi) is 1.25. The van der Waals surface area contributed by atoms with Crippen LogP contribution in [-0.2, 0) is 4.79 Å². The number of rotatable bonds is 1. The number of hydrogen-bond acceptors (Lipinski definition) is 1. The monoisotopic (exact) mass is 152 g/mol. The molecular formula is C10H16O. The second-order valence-corrected chi connectivity index (χ2v) is 4.81. The third-order valence-electron chi connectivity index (χ3n) is 4.09. The van der Waals surface area contributed by atoms with Crippen LogP contribution in [-0.4, -0.2) is 5.78 Å². The first kappa shape index (κ1) is 7.33. The maximum absolute atomic E-state index is 11.2. The Labute approximate surface area is 68.2 Å². The third-order valence-corrected chi connectivity index (χ3v) is 4.09. The van der Waals surface area contributed by atoms with Gasteiger partial charge in [0.15, 0.2) is 0 Å². The number of hydrogen-bond donors (Lipinski definition) is 0. The Balaban J connectivity index is 2.18. The highest BCUT2D eigenvalue weighted by Gasteiger charge is 2.59. The predicted octanol–water partition coefficient (Wildman–Crippen LogP) is 2.26. The Hall–Kier alpha value is -0.330. The van der Waals surface area contributed by atoms with E-state index < -0.39 is 0 Å². The molecule has 0 aromatic carbocycles. The van der Waals surface area contributed by atoms with Gasteiger partial charge in [-0.2, -0.15) is 0 Å². The summed E-state index contributed by atoms with van der Waals surface area (Å²) in [7, 11) is 0. The van der Waals surface area contributed by atoms with Gasteiger partial charge in [-0.05, 0) is 37.0 Å². The summed E-state index contributed by atoms with van der Waals surface area (Å²) in [5.41, 5.74) is 0.482. The quantitative estimate of drug-likeness (QED) is 0.563. The van der Waals surface area contributed by atoms with E-state index in [9.17, 15) is 4.79 Å². The van der Waals surface area contributed by atoms with E-state index in [0.29, 0.717) is 23.0 Å². The third kappa shape index (κ3) is 0.743. The highest BCUT2D eigenvalue weighted by atomic mass is 16.1. The van der Waals surface area contributed by atoms with Gasteiger partial charge < -0.3 is 0 Å². The van der Waals surface area contributed by atoms with Gasteiger partial charge in [-0.3, -0.25) is 4.79 Å². The fourth-order valence-corrected chi connectivity index (χ4v) is 3.06. The molecule has 2 bridgehead atoms. The van der Waals surface area contributed by atoms with E-state index in [0.717, 1.165) is 5.92 Å². The number of carbonyl (C=O) groups excluding carboxylic acids is 1. The lowest BCUT2D eigenvalue weighted by atomic mass is 9.60. The van der Waals surface area contributed by atoms with Crippen molar-refractivity contribution in [3.05, 3.63) is 0 Å². The van der Waals surface area contributed by atoms with Crippen molar-refractivity contribution in [3.63, 3.8) is 0 Å². The molecule has 3 aliphatic carbocycles. The molecule has 3 rings (SSSR count). The fourth-order valence-electron chi connectivity index (χ4n) is 3.06. The predicted molar refractivity (Wildman–Crippen MR) is 44.2 cm³/mol. The average Bonchev–Trinajstić information content (AvgIpc) is 2.40. The van der Waals surface area contributed by atoms with Crippen LogP contribution in [0.2, 0.25) is 0 Å². The number of Topliss-reactive ketones (excluding diaryl/α,β-unsaturated/α-hetero) is 1. The summed E-state index contributed by atoms with van der Waals surface area (Å²) in [5.74, 6) is 2.39. The van der Waals surface area contributed by atoms with Crippen molar-refractivity contribution in [2.75, 3.05) is 0 Å². The van der Waals surface area contributed by atoms with E-state index in [4.69, 9.17) is 0 Å². The molecule has 3 atom stereocenters. The van der Waals surface area contributed by atoms with Gasteiger partial charge in [0.05, 0.1) is 0 Å². The lowest BCUT2D eigenvalue weighted by Gasteiger charge is -2.45. The maximum Gasteiger partial charge on any atom is 0.133 e. The number of carbonyl (C=O) groups is 1. The lowest BCUT2D eigenvalue weighted by Crippen LogP contribution is -2.39. The van der Waals surface area contributed by atoms with Gasteiger partial charge in [0.2, 0.25) is 0 Å². The van der Waals surface area contributed by atoms with Crippen molar-refractivity contribution in [1.82, 2.24) is 0 Å². The van der Waals surface area contributed by atoms with E-state index in [1.54, 1.807) is 6.92 Å². The molecule has 0 saturated heterocycles. The summed E-state index contributed by atoms with van der Waals surface area (Å²) in [4.78, 5) is 11.2. The zero-order chi connectivity index (χ0) is 8.22. The standard InChI is InChI=1S/C10H16O/c1-6(11)8-4-7-5-9(8)10(7,2)3/h7-9H,4-5H2,1-3H3. The first-order valence-electron chi connectivity index (χ1n) is 4.54. The molecule has 3 saturated carbocycles. The molecule has 3 unspecified atom stereocenters. The highest BCUT2D eigenvalue weighted by molar-refractivity contribution is 5.79. The number of ketones is 1. The molecule has 1 nitrogen and oxygen atoms in total. The molecule has 3 fully saturated rings. The van der Waals surface area contributed by atoms with Crippen molar-refractivity contribution < 1.29 is 4.79 Å². The molecule has 0 heterocycles. The summed E-state index contributed by atoms with van der Waals surface area (Å²) < 4.78 is 0. The van der Waals surface area contributed by atoms with Crippen LogP contribution in [0.5, 0.6) is 0 Å². The van der Waals surface area contributed by atoms with Crippen LogP contribution in [0.25, 0.3) is 0 Å². The summed E-state index contributed by atoms with van der Waals surface area (Å²) in [6.07, 6.45) is 2.49. The molecule has 0 N–H and O–H groups in total. The Morgan fingerprint density at radius 2 is 2.00 bits per heavy atom. The molecule has 1 heteroatoms. The molecule has 0 spiro atoms.